The van der Waals surface area contributed by atoms with Crippen molar-refractivity contribution >= 4 is 16.6 Å². The summed E-state index contributed by atoms with van der Waals surface area (Å²) in [6.45, 7) is 6.33. The van der Waals surface area contributed by atoms with Crippen LogP contribution in [0.4, 0.5) is 5.69 Å². The monoisotopic (exact) mass is 260 g/mol. The molecule has 4 nitrogen and oxygen atoms in total. The number of anilines is 1. The predicted octanol–water partition coefficient (Wildman–Crippen LogP) is 3.13. The Kier molecular flexibility index (Phi) is 3.27. The van der Waals surface area contributed by atoms with E-state index in [9.17, 15) is 0 Å². The second-order valence-corrected chi connectivity index (χ2v) is 5.57. The molecule has 2 rings (SSSR count). The Morgan fingerprint density at radius 2 is 1.74 bits per heavy atom. The van der Waals surface area contributed by atoms with E-state index in [1.165, 1.54) is 0 Å². The molecule has 0 amide bonds. The molecule has 102 valence electrons. The molecule has 0 radical (unpaired) electrons. The maximum atomic E-state index is 6.16. The average Bonchev–Trinajstić information content (AvgIpc) is 2.35. The van der Waals surface area contributed by atoms with Gasteiger partial charge in [0.1, 0.15) is 11.5 Å². The molecule has 4 heteroatoms. The highest BCUT2D eigenvalue weighted by atomic mass is 16.5. The summed E-state index contributed by atoms with van der Waals surface area (Å²) in [4.78, 5) is 4.68. The van der Waals surface area contributed by atoms with E-state index in [0.29, 0.717) is 17.2 Å². The molecule has 0 atom stereocenters. The first kappa shape index (κ1) is 13.5. The van der Waals surface area contributed by atoms with Crippen LogP contribution in [0.15, 0.2) is 18.2 Å². The second-order valence-electron chi connectivity index (χ2n) is 5.57. The van der Waals surface area contributed by atoms with E-state index in [1.54, 1.807) is 14.2 Å². The van der Waals surface area contributed by atoms with Crippen molar-refractivity contribution in [3.63, 3.8) is 0 Å². The molecule has 0 saturated heterocycles. The standard InChI is InChI=1S/C15H20N2O2/c1-15(2,3)13-8-10(16)14-11(17-13)6-9(18-4)7-12(14)19-5/h6-8H,1-5H3,(H2,16,17). The highest BCUT2D eigenvalue weighted by molar-refractivity contribution is 5.96. The molecule has 2 aromatic rings. The van der Waals surface area contributed by atoms with E-state index in [0.717, 1.165) is 16.6 Å². The van der Waals surface area contributed by atoms with Crippen molar-refractivity contribution in [3.05, 3.63) is 23.9 Å². The van der Waals surface area contributed by atoms with Crippen LogP contribution in [0.2, 0.25) is 0 Å². The SMILES string of the molecule is COc1cc(OC)c2c(N)cc(C(C)(C)C)nc2c1. The fourth-order valence-electron chi connectivity index (χ4n) is 2.00. The maximum Gasteiger partial charge on any atom is 0.134 e. The molecule has 1 heterocycles. The van der Waals surface area contributed by atoms with Gasteiger partial charge in [0.25, 0.3) is 0 Å². The smallest absolute Gasteiger partial charge is 0.134 e. The summed E-state index contributed by atoms with van der Waals surface area (Å²) in [5, 5.41) is 0.830. The van der Waals surface area contributed by atoms with Crippen LogP contribution < -0.4 is 15.2 Å². The Hall–Kier alpha value is -1.97. The number of benzene rings is 1. The maximum absolute atomic E-state index is 6.16. The number of nitrogens with two attached hydrogens (primary N) is 1. The van der Waals surface area contributed by atoms with E-state index in [1.807, 2.05) is 18.2 Å². The lowest BCUT2D eigenvalue weighted by molar-refractivity contribution is 0.398. The molecule has 0 spiro atoms. The summed E-state index contributed by atoms with van der Waals surface area (Å²) in [5.74, 6) is 1.39. The van der Waals surface area contributed by atoms with Crippen LogP contribution in [-0.4, -0.2) is 19.2 Å². The van der Waals surface area contributed by atoms with Gasteiger partial charge in [-0.3, -0.25) is 4.98 Å². The van der Waals surface area contributed by atoms with Gasteiger partial charge in [-0.2, -0.15) is 0 Å². The van der Waals surface area contributed by atoms with Gasteiger partial charge >= 0.3 is 0 Å². The molecular formula is C15H20N2O2. The molecule has 0 aliphatic heterocycles. The zero-order valence-corrected chi connectivity index (χ0v) is 12.1. The van der Waals surface area contributed by atoms with Crippen molar-refractivity contribution in [2.24, 2.45) is 0 Å². The summed E-state index contributed by atoms with van der Waals surface area (Å²) < 4.78 is 10.6. The van der Waals surface area contributed by atoms with Crippen LogP contribution in [0.1, 0.15) is 26.5 Å². The van der Waals surface area contributed by atoms with E-state index in [4.69, 9.17) is 15.2 Å². The van der Waals surface area contributed by atoms with Crippen LogP contribution in [-0.2, 0) is 5.41 Å². The molecule has 0 aliphatic rings. The normalized spacial score (nSPS) is 11.6. The second kappa shape index (κ2) is 4.61. The van der Waals surface area contributed by atoms with E-state index >= 15 is 0 Å². The van der Waals surface area contributed by atoms with Gasteiger partial charge in [-0.25, -0.2) is 0 Å². The lowest BCUT2D eigenvalue weighted by Crippen LogP contribution is -2.14. The number of hydrogen-bond acceptors (Lipinski definition) is 4. The zero-order valence-electron chi connectivity index (χ0n) is 12.1. The van der Waals surface area contributed by atoms with E-state index < -0.39 is 0 Å². The van der Waals surface area contributed by atoms with Crippen molar-refractivity contribution in [2.45, 2.75) is 26.2 Å². The number of nitrogens with zero attached hydrogens (tertiary/aromatic N) is 1. The predicted molar refractivity (Wildman–Crippen MR) is 78.0 cm³/mol. The van der Waals surface area contributed by atoms with Crippen LogP contribution in [0, 0.1) is 0 Å². The third-order valence-electron chi connectivity index (χ3n) is 3.10. The van der Waals surface area contributed by atoms with Gasteiger partial charge < -0.3 is 15.2 Å². The summed E-state index contributed by atoms with van der Waals surface area (Å²) in [6.07, 6.45) is 0. The minimum atomic E-state index is -0.0569. The van der Waals surface area contributed by atoms with Crippen LogP contribution in [0.25, 0.3) is 10.9 Å². The molecule has 1 aromatic carbocycles. The summed E-state index contributed by atoms with van der Waals surface area (Å²) in [5.41, 5.74) is 8.52. The molecule has 0 fully saturated rings. The Morgan fingerprint density at radius 3 is 2.26 bits per heavy atom. The number of rotatable bonds is 2. The third kappa shape index (κ3) is 2.43. The molecule has 0 unspecified atom stereocenters. The Morgan fingerprint density at radius 1 is 1.05 bits per heavy atom. The van der Waals surface area contributed by atoms with Gasteiger partial charge in [0.05, 0.1) is 25.1 Å². The fraction of sp³-hybridized carbons (Fsp3) is 0.400. The van der Waals surface area contributed by atoms with Crippen LogP contribution >= 0.6 is 0 Å². The lowest BCUT2D eigenvalue weighted by atomic mass is 9.90. The number of pyridine rings is 1. The van der Waals surface area contributed by atoms with Crippen molar-refractivity contribution in [1.29, 1.82) is 0 Å². The van der Waals surface area contributed by atoms with E-state index in [2.05, 4.69) is 25.8 Å². The van der Waals surface area contributed by atoms with Gasteiger partial charge in [0.2, 0.25) is 0 Å². The minimum Gasteiger partial charge on any atom is -0.497 e. The zero-order chi connectivity index (χ0) is 14.2. The topological polar surface area (TPSA) is 57.4 Å². The first-order chi connectivity index (χ1) is 8.86. The number of methoxy groups -OCH3 is 2. The summed E-state index contributed by atoms with van der Waals surface area (Å²) >= 11 is 0. The number of ether oxygens (including phenoxy) is 2. The number of hydrogen-bond donors (Lipinski definition) is 1. The fourth-order valence-corrected chi connectivity index (χ4v) is 2.00. The van der Waals surface area contributed by atoms with Crippen LogP contribution in [0.5, 0.6) is 11.5 Å². The van der Waals surface area contributed by atoms with Gasteiger partial charge in [-0.15, -0.1) is 0 Å². The Balaban J connectivity index is 2.80. The first-order valence-electron chi connectivity index (χ1n) is 6.19. The highest BCUT2D eigenvalue weighted by Crippen LogP contribution is 2.36. The van der Waals surface area contributed by atoms with Crippen molar-refractivity contribution < 1.29 is 9.47 Å². The molecule has 0 aliphatic carbocycles. The Labute approximate surface area is 113 Å². The van der Waals surface area contributed by atoms with Gasteiger partial charge in [0.15, 0.2) is 0 Å². The molecule has 0 bridgehead atoms. The molecule has 1 aromatic heterocycles. The van der Waals surface area contributed by atoms with Crippen molar-refractivity contribution in [2.75, 3.05) is 20.0 Å². The number of fused-ring (bicyclic) bond motifs is 1. The van der Waals surface area contributed by atoms with Gasteiger partial charge in [0, 0.05) is 28.9 Å². The Bertz CT molecular complexity index is 616. The number of aromatic nitrogens is 1. The quantitative estimate of drug-likeness (QED) is 0.901. The van der Waals surface area contributed by atoms with Crippen LogP contribution in [0.3, 0.4) is 0 Å². The van der Waals surface area contributed by atoms with Gasteiger partial charge in [-0.1, -0.05) is 20.8 Å². The number of nitrogen functional groups attached to an aromatic ring is 1. The summed E-state index contributed by atoms with van der Waals surface area (Å²) in [6, 6.07) is 5.61. The largest absolute Gasteiger partial charge is 0.497 e. The molecule has 0 saturated carbocycles. The average molecular weight is 260 g/mol. The lowest BCUT2D eigenvalue weighted by Gasteiger charge is -2.20. The van der Waals surface area contributed by atoms with E-state index in [-0.39, 0.29) is 5.41 Å². The van der Waals surface area contributed by atoms with Gasteiger partial charge in [-0.05, 0) is 6.07 Å². The van der Waals surface area contributed by atoms with Crippen molar-refractivity contribution in [3.8, 4) is 11.5 Å². The molecular weight excluding hydrogens is 240 g/mol. The third-order valence-corrected chi connectivity index (χ3v) is 3.10. The first-order valence-corrected chi connectivity index (χ1v) is 6.19. The molecule has 19 heavy (non-hydrogen) atoms. The van der Waals surface area contributed by atoms with Crippen molar-refractivity contribution in [1.82, 2.24) is 4.98 Å². The summed E-state index contributed by atoms with van der Waals surface area (Å²) in [7, 11) is 3.24. The molecule has 2 N–H and O–H groups in total. The minimum absolute atomic E-state index is 0.0569. The highest BCUT2D eigenvalue weighted by Gasteiger charge is 2.19.